The van der Waals surface area contributed by atoms with Crippen molar-refractivity contribution in [3.8, 4) is 0 Å². The number of carbonyl (C=O) groups excluding carboxylic acids is 1. The van der Waals surface area contributed by atoms with E-state index < -0.39 is 0 Å². The van der Waals surface area contributed by atoms with Gasteiger partial charge >= 0.3 is 0 Å². The maximum Gasteiger partial charge on any atom is 0.223 e. The van der Waals surface area contributed by atoms with Gasteiger partial charge in [-0.15, -0.1) is 0 Å². The summed E-state index contributed by atoms with van der Waals surface area (Å²) in [4.78, 5) is 20.4. The quantitative estimate of drug-likeness (QED) is 0.499. The highest BCUT2D eigenvalue weighted by Gasteiger charge is 1.91. The second kappa shape index (κ2) is 2.17. The zero-order valence-corrected chi connectivity index (χ0v) is 4.48. The van der Waals surface area contributed by atoms with Gasteiger partial charge in [0.05, 0.1) is 0 Å². The van der Waals surface area contributed by atoms with Gasteiger partial charge in [0.15, 0.2) is 12.1 Å². The first-order valence-corrected chi connectivity index (χ1v) is 2.22. The molecule has 0 unspecified atom stereocenters. The zero-order chi connectivity index (χ0) is 6.69. The van der Waals surface area contributed by atoms with Gasteiger partial charge in [-0.2, -0.15) is 4.98 Å². The lowest BCUT2D eigenvalue weighted by atomic mass is 10.7. The highest BCUT2D eigenvalue weighted by atomic mass is 16.1. The van der Waals surface area contributed by atoms with Crippen molar-refractivity contribution in [1.29, 1.82) is 0 Å². The van der Waals surface area contributed by atoms with Gasteiger partial charge < -0.3 is 5.73 Å². The third-order valence-corrected chi connectivity index (χ3v) is 0.715. The minimum atomic E-state index is 0.0579. The fourth-order valence-electron chi connectivity index (χ4n) is 0.379. The fraction of sp³-hybridized carbons (Fsp3) is 0. The lowest BCUT2D eigenvalue weighted by Crippen LogP contribution is -1.99. The number of rotatable bonds is 1. The molecule has 0 atom stereocenters. The summed E-state index contributed by atoms with van der Waals surface area (Å²) in [5.41, 5.74) is 5.11. The number of carbonyl (C=O) groups is 1. The number of nitrogen functional groups attached to an aromatic ring is 1. The summed E-state index contributed by atoms with van der Waals surface area (Å²) in [6.07, 6.45) is 1.70. The maximum atomic E-state index is 9.95. The molecule has 0 saturated heterocycles. The molecule has 1 aromatic heterocycles. The average molecular weight is 124 g/mol. The molecule has 0 amide bonds. The van der Waals surface area contributed by atoms with Crippen LogP contribution in [-0.4, -0.2) is 21.2 Å². The Morgan fingerprint density at radius 3 is 2.78 bits per heavy atom. The van der Waals surface area contributed by atoms with Crippen LogP contribution in [0.3, 0.4) is 0 Å². The molecule has 46 valence electrons. The van der Waals surface area contributed by atoms with Crippen LogP contribution in [0.25, 0.3) is 0 Å². The molecule has 0 radical (unpaired) electrons. The summed E-state index contributed by atoms with van der Waals surface area (Å²) in [5.74, 6) is 0.120. The third kappa shape index (κ3) is 1.18. The summed E-state index contributed by atoms with van der Waals surface area (Å²) < 4.78 is 0. The van der Waals surface area contributed by atoms with Crippen LogP contribution in [0.2, 0.25) is 0 Å². The molecule has 0 spiro atoms. The number of nitrogens with zero attached hydrogens (tertiary/aromatic N) is 3. The molecule has 0 fully saturated rings. The fourth-order valence-corrected chi connectivity index (χ4v) is 0.379. The topological polar surface area (TPSA) is 81.8 Å². The molecule has 1 aromatic rings. The zero-order valence-electron chi connectivity index (χ0n) is 4.48. The summed E-state index contributed by atoms with van der Waals surface area (Å²) in [7, 11) is 0. The Kier molecular flexibility index (Phi) is 1.35. The van der Waals surface area contributed by atoms with E-state index in [1.807, 2.05) is 0 Å². The van der Waals surface area contributed by atoms with Crippen molar-refractivity contribution in [3.63, 3.8) is 0 Å². The van der Waals surface area contributed by atoms with E-state index in [2.05, 4.69) is 15.0 Å². The maximum absolute atomic E-state index is 9.95. The highest BCUT2D eigenvalue weighted by Crippen LogP contribution is 1.85. The summed E-state index contributed by atoms with van der Waals surface area (Å²) in [6.45, 7) is 0. The Balaban J connectivity index is 3.07. The van der Waals surface area contributed by atoms with Gasteiger partial charge in [-0.05, 0) is 0 Å². The Labute approximate surface area is 51.0 Å². The predicted molar refractivity (Wildman–Crippen MR) is 29.6 cm³/mol. The average Bonchev–Trinajstić information content (AvgIpc) is 1.88. The largest absolute Gasteiger partial charge is 0.368 e. The van der Waals surface area contributed by atoms with Crippen LogP contribution in [-0.2, 0) is 0 Å². The Bertz CT molecular complexity index is 224. The van der Waals surface area contributed by atoms with Gasteiger partial charge in [-0.25, -0.2) is 9.97 Å². The normalized spacial score (nSPS) is 8.89. The second-order valence-corrected chi connectivity index (χ2v) is 1.32. The summed E-state index contributed by atoms with van der Waals surface area (Å²) in [6, 6.07) is 0. The molecule has 5 heteroatoms. The van der Waals surface area contributed by atoms with E-state index in [1.54, 1.807) is 0 Å². The Morgan fingerprint density at radius 1 is 1.56 bits per heavy atom. The molecule has 0 saturated carbocycles. The van der Waals surface area contributed by atoms with E-state index in [4.69, 9.17) is 5.73 Å². The molecule has 1 rings (SSSR count). The SMILES string of the molecule is Nc1ncnc(C=O)n1. The van der Waals surface area contributed by atoms with Crippen LogP contribution in [0, 0.1) is 0 Å². The minimum Gasteiger partial charge on any atom is -0.368 e. The smallest absolute Gasteiger partial charge is 0.223 e. The van der Waals surface area contributed by atoms with Gasteiger partial charge in [-0.3, -0.25) is 4.79 Å². The van der Waals surface area contributed by atoms with Crippen molar-refractivity contribution >= 4 is 12.2 Å². The van der Waals surface area contributed by atoms with Gasteiger partial charge in [0, 0.05) is 0 Å². The van der Waals surface area contributed by atoms with Gasteiger partial charge in [-0.1, -0.05) is 0 Å². The first-order valence-electron chi connectivity index (χ1n) is 2.22. The van der Waals surface area contributed by atoms with Crippen LogP contribution in [0.1, 0.15) is 10.6 Å². The van der Waals surface area contributed by atoms with E-state index in [0.717, 1.165) is 0 Å². The molecular formula is C4H4N4O. The van der Waals surface area contributed by atoms with E-state index in [-0.39, 0.29) is 11.8 Å². The monoisotopic (exact) mass is 124 g/mol. The number of hydrogen-bond donors (Lipinski definition) is 1. The van der Waals surface area contributed by atoms with Gasteiger partial charge in [0.2, 0.25) is 5.95 Å². The van der Waals surface area contributed by atoms with Crippen molar-refractivity contribution in [1.82, 2.24) is 15.0 Å². The number of aldehydes is 1. The van der Waals surface area contributed by atoms with Crippen LogP contribution in [0.15, 0.2) is 6.33 Å². The molecule has 0 aliphatic heterocycles. The van der Waals surface area contributed by atoms with Crippen molar-refractivity contribution < 1.29 is 4.79 Å². The van der Waals surface area contributed by atoms with Crippen LogP contribution < -0.4 is 5.73 Å². The number of anilines is 1. The van der Waals surface area contributed by atoms with E-state index in [1.165, 1.54) is 6.33 Å². The third-order valence-electron chi connectivity index (χ3n) is 0.715. The van der Waals surface area contributed by atoms with E-state index in [0.29, 0.717) is 6.29 Å². The summed E-state index contributed by atoms with van der Waals surface area (Å²) >= 11 is 0. The minimum absolute atomic E-state index is 0.0579. The first-order chi connectivity index (χ1) is 4.33. The number of nitrogens with two attached hydrogens (primary N) is 1. The number of hydrogen-bond acceptors (Lipinski definition) is 5. The highest BCUT2D eigenvalue weighted by molar-refractivity contribution is 5.68. The van der Waals surface area contributed by atoms with Crippen molar-refractivity contribution in [2.24, 2.45) is 0 Å². The summed E-state index contributed by atoms with van der Waals surface area (Å²) in [5, 5.41) is 0. The molecule has 5 nitrogen and oxygen atoms in total. The van der Waals surface area contributed by atoms with Crippen molar-refractivity contribution in [2.45, 2.75) is 0 Å². The molecule has 0 bridgehead atoms. The predicted octanol–water partition coefficient (Wildman–Crippen LogP) is -0.734. The lowest BCUT2D eigenvalue weighted by molar-refractivity contribution is 0.111. The standard InChI is InChI=1S/C4H4N4O/c5-4-7-2-6-3(1-9)8-4/h1-2H,(H2,5,6,7,8). The molecule has 1 heterocycles. The molecule has 2 N–H and O–H groups in total. The van der Waals surface area contributed by atoms with Gasteiger partial charge in [0.1, 0.15) is 6.33 Å². The van der Waals surface area contributed by atoms with Crippen LogP contribution in [0.5, 0.6) is 0 Å². The Morgan fingerprint density at radius 2 is 2.33 bits per heavy atom. The number of aromatic nitrogens is 3. The van der Waals surface area contributed by atoms with Gasteiger partial charge in [0.25, 0.3) is 0 Å². The molecule has 9 heavy (non-hydrogen) atoms. The molecule has 0 aromatic carbocycles. The lowest BCUT2D eigenvalue weighted by Gasteiger charge is -1.87. The van der Waals surface area contributed by atoms with Crippen molar-refractivity contribution in [2.75, 3.05) is 5.73 Å². The molecule has 0 aliphatic carbocycles. The second-order valence-electron chi connectivity index (χ2n) is 1.32. The Hall–Kier alpha value is -1.52. The van der Waals surface area contributed by atoms with Crippen LogP contribution in [0.4, 0.5) is 5.95 Å². The van der Waals surface area contributed by atoms with E-state index >= 15 is 0 Å². The van der Waals surface area contributed by atoms with E-state index in [9.17, 15) is 4.79 Å². The van der Waals surface area contributed by atoms with Crippen molar-refractivity contribution in [3.05, 3.63) is 12.2 Å². The first kappa shape index (κ1) is 5.61. The molecular weight excluding hydrogens is 120 g/mol. The van der Waals surface area contributed by atoms with Crippen LogP contribution >= 0.6 is 0 Å². The molecule has 0 aliphatic rings.